The quantitative estimate of drug-likeness (QED) is 0.742. The number of hydrogen-bond acceptors (Lipinski definition) is 6. The van der Waals surface area contributed by atoms with Crippen molar-refractivity contribution in [1.29, 1.82) is 0 Å². The average molecular weight is 375 g/mol. The molecule has 0 saturated carbocycles. The van der Waals surface area contributed by atoms with Gasteiger partial charge in [-0.15, -0.1) is 0 Å². The summed E-state index contributed by atoms with van der Waals surface area (Å²) >= 11 is 0. The molecular formula is C17H29NO6S. The lowest BCUT2D eigenvalue weighted by Crippen LogP contribution is -2.47. The smallest absolute Gasteiger partial charge is 0.337 e. The third kappa shape index (κ3) is 7.56. The van der Waals surface area contributed by atoms with E-state index in [0.717, 1.165) is 0 Å². The first kappa shape index (κ1) is 21.6. The van der Waals surface area contributed by atoms with Crippen LogP contribution in [0.15, 0.2) is 11.8 Å². The van der Waals surface area contributed by atoms with Gasteiger partial charge < -0.3 is 14.2 Å². The molecule has 144 valence electrons. The fraction of sp³-hybridized carbons (Fsp3) is 0.765. The number of nitrogens with one attached hydrogen (secondary N) is 1. The van der Waals surface area contributed by atoms with Crippen LogP contribution in [0.25, 0.3) is 0 Å². The summed E-state index contributed by atoms with van der Waals surface area (Å²) < 4.78 is 30.7. The minimum atomic E-state index is -1.50. The third-order valence-electron chi connectivity index (χ3n) is 2.90. The molecule has 1 rings (SSSR count). The Labute approximate surface area is 152 Å². The molecule has 0 fully saturated rings. The van der Waals surface area contributed by atoms with E-state index in [9.17, 15) is 13.8 Å². The molecule has 8 heteroatoms. The second-order valence-corrected chi connectivity index (χ2v) is 10.3. The zero-order chi connectivity index (χ0) is 19.6. The van der Waals surface area contributed by atoms with Crippen molar-refractivity contribution in [2.45, 2.75) is 84.0 Å². The summed E-state index contributed by atoms with van der Waals surface area (Å²) in [5.41, 5.74) is -0.694. The number of ether oxygens (including phenoxy) is 3. The van der Waals surface area contributed by atoms with Crippen molar-refractivity contribution in [3.8, 4) is 0 Å². The molecule has 0 spiro atoms. The maximum absolute atomic E-state index is 12.5. The Balaban J connectivity index is 3.00. The zero-order valence-corrected chi connectivity index (χ0v) is 17.0. The number of esters is 2. The summed E-state index contributed by atoms with van der Waals surface area (Å²) in [4.78, 5) is 24.2. The van der Waals surface area contributed by atoms with Crippen molar-refractivity contribution in [3.63, 3.8) is 0 Å². The van der Waals surface area contributed by atoms with Gasteiger partial charge in [-0.25, -0.2) is 13.7 Å². The van der Waals surface area contributed by atoms with Gasteiger partial charge in [0.15, 0.2) is 0 Å². The Hall–Kier alpha value is -1.41. The van der Waals surface area contributed by atoms with Crippen molar-refractivity contribution < 1.29 is 28.0 Å². The van der Waals surface area contributed by atoms with Crippen LogP contribution in [-0.2, 0) is 34.8 Å². The second-order valence-electron chi connectivity index (χ2n) is 8.32. The van der Waals surface area contributed by atoms with Gasteiger partial charge in [0.05, 0.1) is 21.8 Å². The molecule has 1 aliphatic heterocycles. The van der Waals surface area contributed by atoms with E-state index in [4.69, 9.17) is 14.2 Å². The molecule has 0 saturated heterocycles. The van der Waals surface area contributed by atoms with Crippen LogP contribution >= 0.6 is 0 Å². The number of carbonyl (C=O) groups is 2. The molecule has 1 N–H and O–H groups in total. The average Bonchev–Trinajstić information content (AvgIpc) is 2.31. The van der Waals surface area contributed by atoms with Crippen LogP contribution in [-0.4, -0.2) is 38.3 Å². The lowest BCUT2D eigenvalue weighted by Gasteiger charge is -2.32. The second kappa shape index (κ2) is 7.45. The lowest BCUT2D eigenvalue weighted by atomic mass is 10.1. The van der Waals surface area contributed by atoms with Gasteiger partial charge in [-0.1, -0.05) is 0 Å². The summed E-state index contributed by atoms with van der Waals surface area (Å²) in [6.45, 7) is 13.8. The molecule has 1 aliphatic rings. The van der Waals surface area contributed by atoms with Gasteiger partial charge >= 0.3 is 11.9 Å². The third-order valence-corrected chi connectivity index (χ3v) is 4.52. The van der Waals surface area contributed by atoms with Crippen molar-refractivity contribution in [1.82, 2.24) is 4.72 Å². The molecule has 0 aromatic carbocycles. The van der Waals surface area contributed by atoms with Crippen LogP contribution < -0.4 is 4.72 Å². The molecule has 1 heterocycles. The van der Waals surface area contributed by atoms with Gasteiger partial charge in [0.1, 0.15) is 17.4 Å². The molecule has 25 heavy (non-hydrogen) atoms. The Morgan fingerprint density at radius 2 is 1.80 bits per heavy atom. The van der Waals surface area contributed by atoms with Crippen LogP contribution in [0, 0.1) is 0 Å². The molecule has 0 radical (unpaired) electrons. The maximum Gasteiger partial charge on any atom is 0.337 e. The lowest BCUT2D eigenvalue weighted by molar-refractivity contribution is -0.206. The zero-order valence-electron chi connectivity index (χ0n) is 16.2. The largest absolute Gasteiger partial charge is 0.459 e. The predicted molar refractivity (Wildman–Crippen MR) is 94.6 cm³/mol. The minimum absolute atomic E-state index is 0.0231. The predicted octanol–water partition coefficient (Wildman–Crippen LogP) is 2.33. The first-order valence-corrected chi connectivity index (χ1v) is 9.27. The highest BCUT2D eigenvalue weighted by molar-refractivity contribution is 7.84. The fourth-order valence-corrected chi connectivity index (χ4v) is 2.71. The van der Waals surface area contributed by atoms with Gasteiger partial charge in [-0.3, -0.25) is 4.79 Å². The van der Waals surface area contributed by atoms with Crippen LogP contribution in [0.3, 0.4) is 0 Å². The summed E-state index contributed by atoms with van der Waals surface area (Å²) in [6.07, 6.45) is 1.21. The highest BCUT2D eigenvalue weighted by Crippen LogP contribution is 2.26. The van der Waals surface area contributed by atoms with E-state index in [2.05, 4.69) is 4.72 Å². The highest BCUT2D eigenvalue weighted by atomic mass is 32.2. The van der Waals surface area contributed by atoms with Crippen LogP contribution in [0.5, 0.6) is 0 Å². The molecule has 0 aromatic heterocycles. The van der Waals surface area contributed by atoms with Gasteiger partial charge in [0.25, 0.3) is 0 Å². The Morgan fingerprint density at radius 3 is 2.24 bits per heavy atom. The molecule has 2 atom stereocenters. The number of rotatable bonds is 5. The topological polar surface area (TPSA) is 90.9 Å². The first-order valence-electron chi connectivity index (χ1n) is 8.12. The maximum atomic E-state index is 12.5. The number of cyclic esters (lactones) is 1. The monoisotopic (exact) mass is 375 g/mol. The minimum Gasteiger partial charge on any atom is -0.459 e. The van der Waals surface area contributed by atoms with Crippen LogP contribution in [0.4, 0.5) is 0 Å². The molecule has 0 bridgehead atoms. The van der Waals surface area contributed by atoms with E-state index < -0.39 is 45.1 Å². The van der Waals surface area contributed by atoms with Crippen molar-refractivity contribution in [3.05, 3.63) is 11.8 Å². The summed E-state index contributed by atoms with van der Waals surface area (Å²) in [7, 11) is -1.50. The summed E-state index contributed by atoms with van der Waals surface area (Å²) in [5, 5.41) is 0. The van der Waals surface area contributed by atoms with Gasteiger partial charge in [-0.2, -0.15) is 0 Å². The molecule has 0 aromatic rings. The Bertz CT molecular complexity index is 583. The van der Waals surface area contributed by atoms with Crippen molar-refractivity contribution in [2.75, 3.05) is 0 Å². The van der Waals surface area contributed by atoms with E-state index in [-0.39, 0.29) is 12.2 Å². The van der Waals surface area contributed by atoms with Gasteiger partial charge in [0, 0.05) is 20.3 Å². The fourth-order valence-electron chi connectivity index (χ4n) is 1.92. The van der Waals surface area contributed by atoms with E-state index >= 15 is 0 Å². The Morgan fingerprint density at radius 1 is 1.24 bits per heavy atom. The van der Waals surface area contributed by atoms with Gasteiger partial charge in [0.2, 0.25) is 5.79 Å². The van der Waals surface area contributed by atoms with E-state index in [1.165, 1.54) is 6.08 Å². The van der Waals surface area contributed by atoms with E-state index in [1.54, 1.807) is 55.4 Å². The van der Waals surface area contributed by atoms with Crippen LogP contribution in [0.2, 0.25) is 0 Å². The highest BCUT2D eigenvalue weighted by Gasteiger charge is 2.35. The summed E-state index contributed by atoms with van der Waals surface area (Å²) in [6, 6.07) is -0.924. The SMILES string of the molecule is CC(C)(C)OC(=O)[C@H](CC1=CC(=O)OC(C)(C)O1)N[S@](=O)C(C)(C)C. The molecule has 0 amide bonds. The molecule has 0 unspecified atom stereocenters. The van der Waals surface area contributed by atoms with Gasteiger partial charge in [-0.05, 0) is 41.5 Å². The normalized spacial score (nSPS) is 20.0. The van der Waals surface area contributed by atoms with Crippen molar-refractivity contribution in [2.24, 2.45) is 0 Å². The first-order chi connectivity index (χ1) is 11.1. The molecule has 7 nitrogen and oxygen atoms in total. The van der Waals surface area contributed by atoms with E-state index in [1.807, 2.05) is 0 Å². The summed E-state index contributed by atoms with van der Waals surface area (Å²) in [5.74, 6) is -1.96. The Kier molecular flexibility index (Phi) is 6.45. The molecule has 0 aliphatic carbocycles. The molecular weight excluding hydrogens is 346 g/mol. The van der Waals surface area contributed by atoms with Crippen molar-refractivity contribution >= 4 is 22.9 Å². The van der Waals surface area contributed by atoms with E-state index in [0.29, 0.717) is 0 Å². The standard InChI is InChI=1S/C17H29NO6S/c1-15(2,3)24-14(20)12(18-25(21)16(4,5)6)9-11-10-13(19)23-17(7,8)22-11/h10,12,18H,9H2,1-8H3/t12-,25+/m0/s1. The number of hydrogen-bond donors (Lipinski definition) is 1. The number of carbonyl (C=O) groups excluding carboxylic acids is 2. The van der Waals surface area contributed by atoms with Crippen LogP contribution in [0.1, 0.15) is 61.8 Å².